The second-order valence-corrected chi connectivity index (χ2v) is 7.79. The lowest BCUT2D eigenvalue weighted by Crippen LogP contribution is -2.65. The van der Waals surface area contributed by atoms with Crippen molar-refractivity contribution >= 4 is 29.2 Å². The number of H-pyrrole nitrogens is 1. The van der Waals surface area contributed by atoms with Crippen LogP contribution in [-0.4, -0.2) is 48.3 Å². The smallest absolute Gasteiger partial charge is 0.408 e. The fraction of sp³-hybridized carbons (Fsp3) is 0.381. The molecule has 3 aromatic rings. The molecular weight excluding hydrogens is 432 g/mol. The number of ether oxygens (including phenoxy) is 2. The number of imidazole rings is 1. The Labute approximate surface area is 188 Å². The highest BCUT2D eigenvalue weighted by Crippen LogP contribution is 2.26. The number of anilines is 1. The Bertz CT molecular complexity index is 1190. The van der Waals surface area contributed by atoms with Gasteiger partial charge in [0.1, 0.15) is 13.3 Å². The summed E-state index contributed by atoms with van der Waals surface area (Å²) in [5.74, 6) is -1.94. The molecule has 0 aliphatic rings. The van der Waals surface area contributed by atoms with Crippen molar-refractivity contribution in [1.29, 1.82) is 0 Å². The van der Waals surface area contributed by atoms with Gasteiger partial charge < -0.3 is 25.6 Å². The van der Waals surface area contributed by atoms with Crippen LogP contribution >= 0.6 is 0 Å². The number of hydrogen-bond acceptors (Lipinski definition) is 8. The highest BCUT2D eigenvalue weighted by Gasteiger charge is 2.49. The predicted octanol–water partition coefficient (Wildman–Crippen LogP) is 1.47. The minimum Gasteiger partial charge on any atom is -0.479 e. The number of alkyl carbamates (subject to hydrolysis) is 1. The highest BCUT2D eigenvalue weighted by atomic mass is 16.6. The van der Waals surface area contributed by atoms with E-state index in [9.17, 15) is 19.5 Å². The molecule has 1 aromatic carbocycles. The van der Waals surface area contributed by atoms with Crippen molar-refractivity contribution in [3.63, 3.8) is 0 Å². The number of rotatable bonds is 9. The summed E-state index contributed by atoms with van der Waals surface area (Å²) < 4.78 is 12.4. The molecule has 5 N–H and O–H groups in total. The summed E-state index contributed by atoms with van der Waals surface area (Å²) >= 11 is 0. The number of fused-ring (bicyclic) bond motifs is 1. The topological polar surface area (TPSA) is 174 Å². The monoisotopic (exact) mass is 458 g/mol. The van der Waals surface area contributed by atoms with E-state index in [1.54, 1.807) is 38.1 Å². The summed E-state index contributed by atoms with van der Waals surface area (Å²) in [6, 6.07) is 9.01. The van der Waals surface area contributed by atoms with Crippen molar-refractivity contribution in [3.8, 4) is 0 Å². The Hall–Kier alpha value is -3.93. The van der Waals surface area contributed by atoms with Crippen LogP contribution in [0.4, 0.5) is 10.7 Å². The van der Waals surface area contributed by atoms with Gasteiger partial charge in [-0.2, -0.15) is 4.98 Å². The molecule has 0 saturated heterocycles. The second kappa shape index (κ2) is 9.69. The molecule has 0 aliphatic carbocycles. The number of nitrogens with two attached hydrogens (primary N) is 1. The lowest BCUT2D eigenvalue weighted by atomic mass is 9.81. The molecule has 3 rings (SSSR count). The molecule has 2 aromatic heterocycles. The van der Waals surface area contributed by atoms with Gasteiger partial charge in [-0.15, -0.1) is 0 Å². The van der Waals surface area contributed by atoms with Gasteiger partial charge in [0.2, 0.25) is 5.95 Å². The molecule has 12 heteroatoms. The van der Waals surface area contributed by atoms with Crippen molar-refractivity contribution in [1.82, 2.24) is 24.8 Å². The maximum Gasteiger partial charge on any atom is 0.408 e. The Morgan fingerprint density at radius 2 is 1.97 bits per heavy atom. The van der Waals surface area contributed by atoms with Gasteiger partial charge in [0.05, 0.1) is 12.4 Å². The van der Waals surface area contributed by atoms with Crippen LogP contribution in [0.15, 0.2) is 41.5 Å². The van der Waals surface area contributed by atoms with Crippen LogP contribution in [0.2, 0.25) is 0 Å². The van der Waals surface area contributed by atoms with Crippen LogP contribution in [0.5, 0.6) is 0 Å². The zero-order valence-corrected chi connectivity index (χ0v) is 18.4. The number of aliphatic carboxylic acids is 1. The van der Waals surface area contributed by atoms with Gasteiger partial charge in [-0.3, -0.25) is 14.3 Å². The molecule has 1 unspecified atom stereocenters. The first-order valence-electron chi connectivity index (χ1n) is 10.2. The Morgan fingerprint density at radius 3 is 2.61 bits per heavy atom. The largest absolute Gasteiger partial charge is 0.479 e. The van der Waals surface area contributed by atoms with E-state index in [0.29, 0.717) is 0 Å². The molecule has 0 fully saturated rings. The van der Waals surface area contributed by atoms with Crippen molar-refractivity contribution in [2.24, 2.45) is 5.92 Å². The lowest BCUT2D eigenvalue weighted by Gasteiger charge is -2.38. The van der Waals surface area contributed by atoms with E-state index >= 15 is 0 Å². The number of hydrogen-bond donors (Lipinski definition) is 4. The number of benzene rings is 1. The minimum absolute atomic E-state index is 0.0155. The summed E-state index contributed by atoms with van der Waals surface area (Å²) in [5, 5.41) is 12.5. The maximum atomic E-state index is 12.5. The zero-order chi connectivity index (χ0) is 24.2. The van der Waals surface area contributed by atoms with Gasteiger partial charge in [-0.25, -0.2) is 14.6 Å². The first-order chi connectivity index (χ1) is 15.6. The number of carbonyl (C=O) groups excluding carboxylic acids is 1. The van der Waals surface area contributed by atoms with Gasteiger partial charge in [0, 0.05) is 0 Å². The standard InChI is InChI=1S/C21H26N6O6/c1-12(2)21(18(29)30,26-20(31)32-9-14-7-5-4-6-8-14)13(3)33-11-27-10-23-15-16(27)24-19(22)25-17(15)28/h4-8,10,12-13H,9,11H2,1-3H3,(H,26,31)(H,29,30)(H3,22,24,25,28)/t13?,21-/m1/s1. The van der Waals surface area contributed by atoms with Crippen LogP contribution in [0.1, 0.15) is 26.3 Å². The summed E-state index contributed by atoms with van der Waals surface area (Å²) in [6.07, 6.45) is -0.561. The lowest BCUT2D eigenvalue weighted by molar-refractivity contribution is -0.157. The summed E-state index contributed by atoms with van der Waals surface area (Å²) in [4.78, 5) is 47.2. The molecule has 33 heavy (non-hydrogen) atoms. The normalized spacial score (nSPS) is 14.1. The Balaban J connectivity index is 1.76. The molecule has 0 saturated carbocycles. The third-order valence-electron chi connectivity index (χ3n) is 5.38. The van der Waals surface area contributed by atoms with Crippen LogP contribution in [0.3, 0.4) is 0 Å². The quantitative estimate of drug-likeness (QED) is 0.370. The number of carbonyl (C=O) groups is 2. The predicted molar refractivity (Wildman–Crippen MR) is 118 cm³/mol. The summed E-state index contributed by atoms with van der Waals surface area (Å²) in [5.41, 5.74) is 4.30. The molecule has 0 bridgehead atoms. The van der Waals surface area contributed by atoms with E-state index in [4.69, 9.17) is 15.2 Å². The van der Waals surface area contributed by atoms with E-state index in [-0.39, 0.29) is 30.4 Å². The van der Waals surface area contributed by atoms with Crippen LogP contribution < -0.4 is 16.6 Å². The Kier molecular flexibility index (Phi) is 6.97. The average molecular weight is 458 g/mol. The number of aromatic amines is 1. The number of carboxylic acids is 1. The van der Waals surface area contributed by atoms with Crippen molar-refractivity contribution in [2.75, 3.05) is 5.73 Å². The molecule has 0 spiro atoms. The fourth-order valence-corrected chi connectivity index (χ4v) is 3.51. The number of carboxylic acid groups (broad SMARTS) is 1. The molecule has 176 valence electrons. The van der Waals surface area contributed by atoms with E-state index < -0.39 is 35.2 Å². The van der Waals surface area contributed by atoms with Gasteiger partial charge >= 0.3 is 12.1 Å². The number of aromatic nitrogens is 4. The maximum absolute atomic E-state index is 12.5. The van der Waals surface area contributed by atoms with E-state index in [0.717, 1.165) is 5.56 Å². The number of nitrogens with zero attached hydrogens (tertiary/aromatic N) is 3. The minimum atomic E-state index is -1.80. The van der Waals surface area contributed by atoms with E-state index in [1.807, 2.05) is 6.07 Å². The van der Waals surface area contributed by atoms with Crippen molar-refractivity contribution < 1.29 is 24.2 Å². The third-order valence-corrected chi connectivity index (χ3v) is 5.38. The number of nitrogen functional groups attached to an aromatic ring is 1. The molecule has 2 heterocycles. The van der Waals surface area contributed by atoms with Gasteiger partial charge in [-0.05, 0) is 18.4 Å². The van der Waals surface area contributed by atoms with Crippen LogP contribution in [0, 0.1) is 5.92 Å². The average Bonchev–Trinajstić information content (AvgIpc) is 3.17. The number of nitrogens with one attached hydrogen (secondary N) is 2. The molecule has 2 atom stereocenters. The molecule has 12 nitrogen and oxygen atoms in total. The second-order valence-electron chi connectivity index (χ2n) is 7.79. The molecule has 1 amide bonds. The molecule has 0 radical (unpaired) electrons. The van der Waals surface area contributed by atoms with Crippen LogP contribution in [0.25, 0.3) is 11.2 Å². The number of amides is 1. The first-order valence-corrected chi connectivity index (χ1v) is 10.2. The van der Waals surface area contributed by atoms with E-state index in [2.05, 4.69) is 20.3 Å². The first kappa shape index (κ1) is 23.7. The zero-order valence-electron chi connectivity index (χ0n) is 18.4. The molecule has 0 aliphatic heterocycles. The summed E-state index contributed by atoms with van der Waals surface area (Å²) in [6.45, 7) is 4.63. The SMILES string of the molecule is CC(C)[C@](NC(=O)OCc1ccccc1)(C(=O)O)C(C)OCn1cnc2c(=O)[nH]c(N)nc21. The van der Waals surface area contributed by atoms with Gasteiger partial charge in [0.15, 0.2) is 16.7 Å². The fourth-order valence-electron chi connectivity index (χ4n) is 3.51. The van der Waals surface area contributed by atoms with Gasteiger partial charge in [0.25, 0.3) is 5.56 Å². The van der Waals surface area contributed by atoms with Crippen molar-refractivity contribution in [3.05, 3.63) is 52.6 Å². The third kappa shape index (κ3) is 4.95. The highest BCUT2D eigenvalue weighted by molar-refractivity contribution is 5.85. The Morgan fingerprint density at radius 1 is 1.27 bits per heavy atom. The molecular formula is C21H26N6O6. The van der Waals surface area contributed by atoms with E-state index in [1.165, 1.54) is 17.8 Å². The van der Waals surface area contributed by atoms with Crippen molar-refractivity contribution in [2.45, 2.75) is 45.8 Å². The van der Waals surface area contributed by atoms with Gasteiger partial charge in [-0.1, -0.05) is 44.2 Å². The van der Waals surface area contributed by atoms with Crippen LogP contribution in [-0.2, 0) is 27.6 Å². The summed E-state index contributed by atoms with van der Waals surface area (Å²) in [7, 11) is 0.